The number of amides is 1. The summed E-state index contributed by atoms with van der Waals surface area (Å²) in [4.78, 5) is 15.4. The van der Waals surface area contributed by atoms with E-state index in [2.05, 4.69) is 15.5 Å². The minimum Gasteiger partial charge on any atom is -0.468 e. The molecule has 4 fully saturated rings. The van der Waals surface area contributed by atoms with E-state index in [0.29, 0.717) is 5.92 Å². The van der Waals surface area contributed by atoms with Crippen LogP contribution in [0, 0.1) is 23.7 Å². The zero-order chi connectivity index (χ0) is 19.6. The Labute approximate surface area is 173 Å². The van der Waals surface area contributed by atoms with Gasteiger partial charge in [0.2, 0.25) is 5.91 Å². The summed E-state index contributed by atoms with van der Waals surface area (Å²) in [6.45, 7) is 5.85. The Morgan fingerprint density at radius 1 is 1.17 bits per heavy atom. The molecule has 1 amide bonds. The van der Waals surface area contributed by atoms with Crippen LogP contribution in [0.3, 0.4) is 0 Å². The molecular weight excluding hydrogens is 366 g/mol. The first kappa shape index (κ1) is 19.6. The summed E-state index contributed by atoms with van der Waals surface area (Å²) >= 11 is 0. The van der Waals surface area contributed by atoms with Crippen molar-refractivity contribution in [2.75, 3.05) is 32.8 Å². The van der Waals surface area contributed by atoms with Crippen molar-refractivity contribution in [3.8, 4) is 0 Å². The Kier molecular flexibility index (Phi) is 5.93. The van der Waals surface area contributed by atoms with E-state index in [4.69, 9.17) is 9.15 Å². The summed E-state index contributed by atoms with van der Waals surface area (Å²) in [5.74, 6) is 3.56. The maximum Gasteiger partial charge on any atom is 0.223 e. The monoisotopic (exact) mass is 401 g/mol. The van der Waals surface area contributed by atoms with Crippen molar-refractivity contribution in [3.05, 3.63) is 24.2 Å². The van der Waals surface area contributed by atoms with Crippen molar-refractivity contribution in [2.24, 2.45) is 23.7 Å². The fourth-order valence-corrected chi connectivity index (χ4v) is 5.44. The van der Waals surface area contributed by atoms with E-state index in [0.717, 1.165) is 82.6 Å². The van der Waals surface area contributed by atoms with Crippen LogP contribution in [-0.4, -0.2) is 55.7 Å². The predicted molar refractivity (Wildman–Crippen MR) is 110 cm³/mol. The van der Waals surface area contributed by atoms with Crippen LogP contribution in [0.15, 0.2) is 22.8 Å². The first-order valence-corrected chi connectivity index (χ1v) is 11.6. The topological polar surface area (TPSA) is 66.7 Å². The smallest absolute Gasteiger partial charge is 0.223 e. The fourth-order valence-electron chi connectivity index (χ4n) is 5.44. The number of nitrogens with zero attached hydrogens (tertiary/aromatic N) is 1. The molecule has 0 unspecified atom stereocenters. The number of ether oxygens (including phenoxy) is 1. The molecule has 160 valence electrons. The number of piperidine rings is 1. The van der Waals surface area contributed by atoms with Gasteiger partial charge in [-0.3, -0.25) is 9.69 Å². The molecular formula is C23H35N3O3. The lowest BCUT2D eigenvalue weighted by Gasteiger charge is -2.39. The number of likely N-dealkylation sites (tertiary alicyclic amines) is 1. The number of fused-ring (bicyclic) bond motifs is 1. The molecule has 2 aliphatic heterocycles. The van der Waals surface area contributed by atoms with Gasteiger partial charge in [-0.25, -0.2) is 0 Å². The molecule has 6 heteroatoms. The van der Waals surface area contributed by atoms with Gasteiger partial charge in [-0.15, -0.1) is 0 Å². The molecule has 29 heavy (non-hydrogen) atoms. The molecule has 3 heterocycles. The van der Waals surface area contributed by atoms with Crippen molar-refractivity contribution < 1.29 is 13.9 Å². The largest absolute Gasteiger partial charge is 0.468 e. The van der Waals surface area contributed by atoms with Crippen LogP contribution in [0.5, 0.6) is 0 Å². The van der Waals surface area contributed by atoms with E-state index in [9.17, 15) is 4.79 Å². The zero-order valence-corrected chi connectivity index (χ0v) is 17.4. The van der Waals surface area contributed by atoms with Crippen molar-refractivity contribution in [2.45, 2.75) is 57.2 Å². The van der Waals surface area contributed by atoms with Crippen LogP contribution in [0.2, 0.25) is 0 Å². The minimum absolute atomic E-state index is 0.131. The standard InChI is InChI=1S/C23H35N3O3/c27-23(17-5-7-26(8-6-17)14-20-2-1-9-28-20)25-21-10-18-12-24-13-19(18)11-22(21)29-15-16-3-4-16/h1-2,9,16-19,21-22,24H,3-8,10-15H2,(H,25,27)/t18-,19+,21-,22-/m0/s1. The van der Waals surface area contributed by atoms with E-state index >= 15 is 0 Å². The molecule has 6 nitrogen and oxygen atoms in total. The van der Waals surface area contributed by atoms with Crippen LogP contribution in [0.25, 0.3) is 0 Å². The summed E-state index contributed by atoms with van der Waals surface area (Å²) in [5, 5.41) is 6.97. The molecule has 0 bridgehead atoms. The van der Waals surface area contributed by atoms with Gasteiger partial charge in [0.05, 0.1) is 25.0 Å². The zero-order valence-electron chi connectivity index (χ0n) is 17.4. The maximum atomic E-state index is 13.1. The highest BCUT2D eigenvalue weighted by Gasteiger charge is 2.42. The molecule has 0 radical (unpaired) electrons. The van der Waals surface area contributed by atoms with E-state index in [1.165, 1.54) is 12.8 Å². The third kappa shape index (κ3) is 4.86. The number of carbonyl (C=O) groups is 1. The second-order valence-corrected chi connectivity index (χ2v) is 9.71. The Hall–Kier alpha value is -1.37. The summed E-state index contributed by atoms with van der Waals surface area (Å²) in [6, 6.07) is 4.14. The van der Waals surface area contributed by atoms with Crippen molar-refractivity contribution >= 4 is 5.91 Å². The first-order chi connectivity index (χ1) is 14.2. The number of nitrogens with one attached hydrogen (secondary N) is 2. The molecule has 2 saturated heterocycles. The molecule has 1 aromatic heterocycles. The van der Waals surface area contributed by atoms with Gasteiger partial charge in [0.25, 0.3) is 0 Å². The van der Waals surface area contributed by atoms with Crippen LogP contribution in [0.4, 0.5) is 0 Å². The Morgan fingerprint density at radius 3 is 2.69 bits per heavy atom. The summed E-state index contributed by atoms with van der Waals surface area (Å²) < 4.78 is 11.8. The number of carbonyl (C=O) groups excluding carboxylic acids is 1. The number of furan rings is 1. The SMILES string of the molecule is O=C(N[C@H]1C[C@H]2CNC[C@H]2C[C@@H]1OCC1CC1)C1CCN(Cc2ccco2)CC1. The van der Waals surface area contributed by atoms with Gasteiger partial charge in [0.15, 0.2) is 0 Å². The number of hydrogen-bond donors (Lipinski definition) is 2. The van der Waals surface area contributed by atoms with Crippen molar-refractivity contribution in [3.63, 3.8) is 0 Å². The van der Waals surface area contributed by atoms with E-state index in [1.54, 1.807) is 6.26 Å². The van der Waals surface area contributed by atoms with Gasteiger partial charge in [0.1, 0.15) is 5.76 Å². The van der Waals surface area contributed by atoms with Crippen LogP contribution in [-0.2, 0) is 16.1 Å². The molecule has 1 aromatic rings. The first-order valence-electron chi connectivity index (χ1n) is 11.6. The van der Waals surface area contributed by atoms with Gasteiger partial charge < -0.3 is 19.8 Å². The van der Waals surface area contributed by atoms with Gasteiger partial charge in [0, 0.05) is 12.5 Å². The van der Waals surface area contributed by atoms with Gasteiger partial charge in [-0.2, -0.15) is 0 Å². The quantitative estimate of drug-likeness (QED) is 0.734. The van der Waals surface area contributed by atoms with Crippen LogP contribution in [0.1, 0.15) is 44.3 Å². The average Bonchev–Trinajstić information content (AvgIpc) is 3.21. The second-order valence-electron chi connectivity index (χ2n) is 9.71. The normalized spacial score (nSPS) is 33.5. The lowest BCUT2D eigenvalue weighted by Crippen LogP contribution is -2.52. The lowest BCUT2D eigenvalue weighted by molar-refractivity contribution is -0.129. The van der Waals surface area contributed by atoms with Gasteiger partial charge in [-0.1, -0.05) is 0 Å². The molecule has 0 spiro atoms. The third-order valence-corrected chi connectivity index (χ3v) is 7.51. The average molecular weight is 402 g/mol. The summed E-state index contributed by atoms with van der Waals surface area (Å²) in [6.07, 6.45) is 8.57. The van der Waals surface area contributed by atoms with Crippen LogP contribution < -0.4 is 10.6 Å². The molecule has 5 rings (SSSR count). The number of rotatable bonds is 7. The summed E-state index contributed by atoms with van der Waals surface area (Å²) in [5.41, 5.74) is 0. The maximum absolute atomic E-state index is 13.1. The van der Waals surface area contributed by atoms with Crippen LogP contribution >= 0.6 is 0 Å². The van der Waals surface area contributed by atoms with Crippen molar-refractivity contribution in [1.29, 1.82) is 0 Å². The lowest BCUT2D eigenvalue weighted by atomic mass is 9.77. The highest BCUT2D eigenvalue weighted by Crippen LogP contribution is 2.36. The Bertz CT molecular complexity index is 667. The minimum atomic E-state index is 0.131. The molecule has 4 aliphatic rings. The van der Waals surface area contributed by atoms with Crippen molar-refractivity contribution in [1.82, 2.24) is 15.5 Å². The second kappa shape index (κ2) is 8.78. The fraction of sp³-hybridized carbons (Fsp3) is 0.783. The number of hydrogen-bond acceptors (Lipinski definition) is 5. The molecule has 4 atom stereocenters. The van der Waals surface area contributed by atoms with Gasteiger partial charge in [-0.05, 0) is 94.6 Å². The Morgan fingerprint density at radius 2 is 1.97 bits per heavy atom. The Balaban J connectivity index is 1.13. The highest BCUT2D eigenvalue weighted by atomic mass is 16.5. The third-order valence-electron chi connectivity index (χ3n) is 7.51. The highest BCUT2D eigenvalue weighted by molar-refractivity contribution is 5.79. The van der Waals surface area contributed by atoms with E-state index in [1.807, 2.05) is 12.1 Å². The van der Waals surface area contributed by atoms with Gasteiger partial charge >= 0.3 is 0 Å². The van der Waals surface area contributed by atoms with E-state index in [-0.39, 0.29) is 24.0 Å². The molecule has 0 aromatic carbocycles. The van der Waals surface area contributed by atoms with E-state index < -0.39 is 0 Å². The predicted octanol–water partition coefficient (Wildman–Crippen LogP) is 2.40. The molecule has 2 N–H and O–H groups in total. The molecule has 2 aliphatic carbocycles. The molecule has 2 saturated carbocycles. The summed E-state index contributed by atoms with van der Waals surface area (Å²) in [7, 11) is 0.